The van der Waals surface area contributed by atoms with Gasteiger partial charge in [0.05, 0.1) is 0 Å². The predicted molar refractivity (Wildman–Crippen MR) is 123 cm³/mol. The summed E-state index contributed by atoms with van der Waals surface area (Å²) in [5.74, 6) is 0.468. The van der Waals surface area contributed by atoms with E-state index in [1.165, 1.54) is 71.2 Å². The second-order valence-electron chi connectivity index (χ2n) is 7.97. The molecular weight excluding hydrogens is 336 g/mol. The van der Waals surface area contributed by atoms with Crippen LogP contribution in [0.2, 0.25) is 0 Å². The van der Waals surface area contributed by atoms with Crippen LogP contribution in [0.25, 0.3) is 21.5 Å². The normalized spacial score (nSPS) is 11.5. The molecule has 0 aliphatic carbocycles. The highest BCUT2D eigenvalue weighted by atomic mass is 14.2. The van der Waals surface area contributed by atoms with E-state index in [9.17, 15) is 0 Å². The number of hydrogen-bond acceptors (Lipinski definition) is 0. The summed E-state index contributed by atoms with van der Waals surface area (Å²) in [5.41, 5.74) is 2.90. The monoisotopic (exact) mass is 366 g/mol. The number of fused-ring (bicyclic) bond motifs is 2. The Morgan fingerprint density at radius 3 is 1.57 bits per heavy atom. The van der Waals surface area contributed by atoms with E-state index in [-0.39, 0.29) is 0 Å². The Balaban J connectivity index is 1.67. The lowest BCUT2D eigenvalue weighted by Gasteiger charge is -2.19. The van der Waals surface area contributed by atoms with Crippen LogP contribution in [0.3, 0.4) is 0 Å². The summed E-state index contributed by atoms with van der Waals surface area (Å²) in [6.07, 6.45) is 7.88. The molecule has 0 unspecified atom stereocenters. The van der Waals surface area contributed by atoms with Gasteiger partial charge in [0.2, 0.25) is 0 Å². The first-order valence-electron chi connectivity index (χ1n) is 10.8. The van der Waals surface area contributed by atoms with Crippen molar-refractivity contribution in [2.75, 3.05) is 0 Å². The summed E-state index contributed by atoms with van der Waals surface area (Å²) >= 11 is 0. The van der Waals surface area contributed by atoms with E-state index in [4.69, 9.17) is 0 Å². The minimum Gasteiger partial charge on any atom is -0.0654 e. The molecule has 0 spiro atoms. The summed E-state index contributed by atoms with van der Waals surface area (Å²) in [6.45, 7) is 2.28. The van der Waals surface area contributed by atoms with Gasteiger partial charge in [-0.05, 0) is 39.1 Å². The Morgan fingerprint density at radius 2 is 1.04 bits per heavy atom. The van der Waals surface area contributed by atoms with Crippen molar-refractivity contribution in [3.63, 3.8) is 0 Å². The van der Waals surface area contributed by atoms with E-state index < -0.39 is 0 Å². The number of benzene rings is 4. The van der Waals surface area contributed by atoms with E-state index in [1.807, 2.05) is 0 Å². The molecule has 0 atom stereocenters. The van der Waals surface area contributed by atoms with Crippen molar-refractivity contribution in [3.8, 4) is 0 Å². The smallest absolute Gasteiger partial charge is 0.00897 e. The summed E-state index contributed by atoms with van der Waals surface area (Å²) in [6, 6.07) is 31.5. The fourth-order valence-corrected chi connectivity index (χ4v) is 4.33. The van der Waals surface area contributed by atoms with Gasteiger partial charge in [-0.15, -0.1) is 0 Å². The molecule has 142 valence electrons. The van der Waals surface area contributed by atoms with Crippen LogP contribution in [-0.4, -0.2) is 0 Å². The number of rotatable bonds is 8. The molecule has 0 heteroatoms. The third-order valence-electron chi connectivity index (χ3n) is 5.95. The molecule has 0 aromatic heterocycles. The fraction of sp³-hybridized carbons (Fsp3) is 0.286. The average molecular weight is 367 g/mol. The number of hydrogen-bond donors (Lipinski definition) is 0. The Kier molecular flexibility index (Phi) is 6.07. The van der Waals surface area contributed by atoms with Crippen molar-refractivity contribution in [2.45, 2.75) is 51.4 Å². The second kappa shape index (κ2) is 9.06. The van der Waals surface area contributed by atoms with Crippen molar-refractivity contribution in [1.29, 1.82) is 0 Å². The SMILES string of the molecule is CCCCCCCC(c1ccc2ccccc2c1)c1ccc2ccccc2c1. The van der Waals surface area contributed by atoms with Crippen LogP contribution in [-0.2, 0) is 0 Å². The zero-order valence-electron chi connectivity index (χ0n) is 16.9. The van der Waals surface area contributed by atoms with Crippen molar-refractivity contribution in [2.24, 2.45) is 0 Å². The van der Waals surface area contributed by atoms with Crippen LogP contribution < -0.4 is 0 Å². The van der Waals surface area contributed by atoms with Crippen molar-refractivity contribution >= 4 is 21.5 Å². The number of unbranched alkanes of at least 4 members (excludes halogenated alkanes) is 4. The molecule has 0 nitrogen and oxygen atoms in total. The van der Waals surface area contributed by atoms with Crippen molar-refractivity contribution in [3.05, 3.63) is 96.1 Å². The molecule has 0 radical (unpaired) electrons. The molecule has 0 aliphatic rings. The van der Waals surface area contributed by atoms with Gasteiger partial charge in [0.25, 0.3) is 0 Å². The van der Waals surface area contributed by atoms with Crippen LogP contribution in [0.1, 0.15) is 62.5 Å². The highest BCUT2D eigenvalue weighted by molar-refractivity contribution is 5.84. The van der Waals surface area contributed by atoms with Gasteiger partial charge in [0, 0.05) is 5.92 Å². The van der Waals surface area contributed by atoms with Gasteiger partial charge in [-0.3, -0.25) is 0 Å². The summed E-state index contributed by atoms with van der Waals surface area (Å²) in [7, 11) is 0. The topological polar surface area (TPSA) is 0 Å². The van der Waals surface area contributed by atoms with Crippen LogP contribution in [0.15, 0.2) is 84.9 Å². The van der Waals surface area contributed by atoms with Gasteiger partial charge in [-0.2, -0.15) is 0 Å². The maximum atomic E-state index is 2.40. The molecule has 0 aliphatic heterocycles. The molecule has 28 heavy (non-hydrogen) atoms. The Hall–Kier alpha value is -2.60. The molecule has 0 heterocycles. The lowest BCUT2D eigenvalue weighted by atomic mass is 9.85. The predicted octanol–water partition coefficient (Wildman–Crippen LogP) is 8.49. The van der Waals surface area contributed by atoms with Gasteiger partial charge in [-0.1, -0.05) is 124 Å². The molecule has 0 fully saturated rings. The van der Waals surface area contributed by atoms with Crippen LogP contribution in [0, 0.1) is 0 Å². The quantitative estimate of drug-likeness (QED) is 0.274. The minimum atomic E-state index is 0.468. The fourth-order valence-electron chi connectivity index (χ4n) is 4.33. The Labute approximate surface area is 169 Å². The standard InChI is InChI=1S/C28H30/c1-2-3-4-5-6-15-28(26-18-16-22-11-7-9-13-24(22)20-26)27-19-17-23-12-8-10-14-25(23)21-27/h7-14,16-21,28H,2-6,15H2,1H3. The first-order chi connectivity index (χ1) is 13.8. The zero-order valence-corrected chi connectivity index (χ0v) is 16.9. The average Bonchev–Trinajstić information content (AvgIpc) is 2.75. The molecule has 4 aromatic rings. The molecule has 4 rings (SSSR count). The third kappa shape index (κ3) is 4.28. The van der Waals surface area contributed by atoms with Crippen LogP contribution >= 0.6 is 0 Å². The van der Waals surface area contributed by atoms with E-state index in [0.717, 1.165) is 0 Å². The molecule has 0 amide bonds. The minimum absolute atomic E-state index is 0.468. The summed E-state index contributed by atoms with van der Waals surface area (Å²) in [5, 5.41) is 5.34. The largest absolute Gasteiger partial charge is 0.0654 e. The summed E-state index contributed by atoms with van der Waals surface area (Å²) < 4.78 is 0. The molecule has 0 N–H and O–H groups in total. The molecule has 0 bridgehead atoms. The maximum Gasteiger partial charge on any atom is 0.00897 e. The van der Waals surface area contributed by atoms with Gasteiger partial charge in [0.15, 0.2) is 0 Å². The van der Waals surface area contributed by atoms with E-state index in [2.05, 4.69) is 91.9 Å². The lowest BCUT2D eigenvalue weighted by Crippen LogP contribution is -2.02. The van der Waals surface area contributed by atoms with E-state index >= 15 is 0 Å². The van der Waals surface area contributed by atoms with Gasteiger partial charge >= 0.3 is 0 Å². The first-order valence-corrected chi connectivity index (χ1v) is 10.8. The first kappa shape index (κ1) is 18.7. The third-order valence-corrected chi connectivity index (χ3v) is 5.95. The van der Waals surface area contributed by atoms with Crippen LogP contribution in [0.5, 0.6) is 0 Å². The zero-order chi connectivity index (χ0) is 19.2. The second-order valence-corrected chi connectivity index (χ2v) is 7.97. The van der Waals surface area contributed by atoms with E-state index in [0.29, 0.717) is 5.92 Å². The molecule has 0 saturated carbocycles. The van der Waals surface area contributed by atoms with Crippen molar-refractivity contribution < 1.29 is 0 Å². The maximum absolute atomic E-state index is 2.40. The molecular formula is C28H30. The van der Waals surface area contributed by atoms with E-state index in [1.54, 1.807) is 0 Å². The van der Waals surface area contributed by atoms with Gasteiger partial charge < -0.3 is 0 Å². The van der Waals surface area contributed by atoms with Gasteiger partial charge in [-0.25, -0.2) is 0 Å². The molecule has 4 aromatic carbocycles. The Morgan fingerprint density at radius 1 is 0.536 bits per heavy atom. The van der Waals surface area contributed by atoms with Gasteiger partial charge in [0.1, 0.15) is 0 Å². The lowest BCUT2D eigenvalue weighted by molar-refractivity contribution is 0.580. The highest BCUT2D eigenvalue weighted by Gasteiger charge is 2.15. The summed E-state index contributed by atoms with van der Waals surface area (Å²) in [4.78, 5) is 0. The van der Waals surface area contributed by atoms with Crippen LogP contribution in [0.4, 0.5) is 0 Å². The van der Waals surface area contributed by atoms with Crippen molar-refractivity contribution in [1.82, 2.24) is 0 Å². The molecule has 0 saturated heterocycles. The highest BCUT2D eigenvalue weighted by Crippen LogP contribution is 2.33. The Bertz CT molecular complexity index is 964.